The lowest BCUT2D eigenvalue weighted by molar-refractivity contribution is -0.139. The topological polar surface area (TPSA) is 118 Å². The molecule has 1 saturated heterocycles. The number of anilines is 1. The summed E-state index contributed by atoms with van der Waals surface area (Å²) in [7, 11) is 0. The number of hydrogen-bond acceptors (Lipinski definition) is 6. The summed E-state index contributed by atoms with van der Waals surface area (Å²) < 4.78 is 10.9. The highest BCUT2D eigenvalue weighted by Crippen LogP contribution is 2.15. The number of rotatable bonds is 8. The van der Waals surface area contributed by atoms with Crippen molar-refractivity contribution in [2.24, 2.45) is 5.10 Å². The third kappa shape index (κ3) is 7.73. The SMILES string of the molecule is Cc1ccc(NC(=O)COc2cccc(/C=N\NC(=O)C(=O)NC[C@H]3CCCO3)c2)cc1C. The van der Waals surface area contributed by atoms with Crippen molar-refractivity contribution in [1.29, 1.82) is 0 Å². The molecule has 2 aromatic rings. The highest BCUT2D eigenvalue weighted by molar-refractivity contribution is 6.35. The molecule has 1 atom stereocenters. The van der Waals surface area contributed by atoms with Crippen LogP contribution in [0.4, 0.5) is 5.69 Å². The summed E-state index contributed by atoms with van der Waals surface area (Å²) in [6, 6.07) is 12.5. The Labute approximate surface area is 192 Å². The van der Waals surface area contributed by atoms with Crippen molar-refractivity contribution < 1.29 is 23.9 Å². The van der Waals surface area contributed by atoms with Gasteiger partial charge in [-0.05, 0) is 67.6 Å². The van der Waals surface area contributed by atoms with Crippen molar-refractivity contribution in [3.8, 4) is 5.75 Å². The molecule has 1 heterocycles. The molecule has 0 bridgehead atoms. The van der Waals surface area contributed by atoms with Crippen molar-refractivity contribution in [2.45, 2.75) is 32.8 Å². The van der Waals surface area contributed by atoms with Crippen LogP contribution in [-0.2, 0) is 19.1 Å². The number of nitrogens with zero attached hydrogens (tertiary/aromatic N) is 1. The monoisotopic (exact) mass is 452 g/mol. The molecule has 1 aliphatic rings. The Morgan fingerprint density at radius 2 is 1.97 bits per heavy atom. The van der Waals surface area contributed by atoms with Gasteiger partial charge in [0.2, 0.25) is 0 Å². The zero-order valence-electron chi connectivity index (χ0n) is 18.7. The molecule has 1 fully saturated rings. The highest BCUT2D eigenvalue weighted by Gasteiger charge is 2.18. The lowest BCUT2D eigenvalue weighted by atomic mass is 10.1. The third-order valence-electron chi connectivity index (χ3n) is 5.12. The lowest BCUT2D eigenvalue weighted by Gasteiger charge is -2.10. The van der Waals surface area contributed by atoms with Crippen molar-refractivity contribution in [3.63, 3.8) is 0 Å². The minimum Gasteiger partial charge on any atom is -0.484 e. The van der Waals surface area contributed by atoms with Crippen LogP contribution in [0.15, 0.2) is 47.6 Å². The smallest absolute Gasteiger partial charge is 0.329 e. The summed E-state index contributed by atoms with van der Waals surface area (Å²) in [4.78, 5) is 35.8. The fourth-order valence-electron chi connectivity index (χ4n) is 3.16. The van der Waals surface area contributed by atoms with Gasteiger partial charge in [0.1, 0.15) is 5.75 Å². The molecule has 174 valence electrons. The molecule has 0 spiro atoms. The molecular weight excluding hydrogens is 424 g/mol. The van der Waals surface area contributed by atoms with E-state index in [1.807, 2.05) is 32.0 Å². The Kier molecular flexibility index (Phi) is 8.54. The Bertz CT molecular complexity index is 1030. The van der Waals surface area contributed by atoms with E-state index in [9.17, 15) is 14.4 Å². The molecule has 33 heavy (non-hydrogen) atoms. The molecule has 1 aliphatic heterocycles. The zero-order chi connectivity index (χ0) is 23.6. The number of hydrogen-bond donors (Lipinski definition) is 3. The summed E-state index contributed by atoms with van der Waals surface area (Å²) in [5, 5.41) is 9.12. The van der Waals surface area contributed by atoms with Crippen LogP contribution in [0.2, 0.25) is 0 Å². The first-order chi connectivity index (χ1) is 15.9. The molecule has 9 heteroatoms. The molecule has 0 aliphatic carbocycles. The van der Waals surface area contributed by atoms with E-state index >= 15 is 0 Å². The second-order valence-corrected chi connectivity index (χ2v) is 7.75. The van der Waals surface area contributed by atoms with Gasteiger partial charge >= 0.3 is 11.8 Å². The third-order valence-corrected chi connectivity index (χ3v) is 5.12. The zero-order valence-corrected chi connectivity index (χ0v) is 18.7. The van der Waals surface area contributed by atoms with Gasteiger partial charge in [-0.25, -0.2) is 5.43 Å². The van der Waals surface area contributed by atoms with Gasteiger partial charge in [0.15, 0.2) is 6.61 Å². The van der Waals surface area contributed by atoms with E-state index in [1.165, 1.54) is 6.21 Å². The predicted octanol–water partition coefficient (Wildman–Crippen LogP) is 2.07. The van der Waals surface area contributed by atoms with Gasteiger partial charge in [-0.1, -0.05) is 18.2 Å². The fraction of sp³-hybridized carbons (Fsp3) is 0.333. The van der Waals surface area contributed by atoms with Gasteiger partial charge in [-0.2, -0.15) is 5.10 Å². The van der Waals surface area contributed by atoms with Crippen molar-refractivity contribution in [3.05, 3.63) is 59.2 Å². The van der Waals surface area contributed by atoms with Gasteiger partial charge in [0.25, 0.3) is 5.91 Å². The van der Waals surface area contributed by atoms with Crippen molar-refractivity contribution in [2.75, 3.05) is 25.1 Å². The summed E-state index contributed by atoms with van der Waals surface area (Å²) in [5.41, 5.74) is 5.76. The Hall–Kier alpha value is -3.72. The second-order valence-electron chi connectivity index (χ2n) is 7.75. The average molecular weight is 453 g/mol. The average Bonchev–Trinajstić information content (AvgIpc) is 3.32. The van der Waals surface area contributed by atoms with Gasteiger partial charge in [0.05, 0.1) is 12.3 Å². The number of benzene rings is 2. The van der Waals surface area contributed by atoms with Crippen molar-refractivity contribution in [1.82, 2.24) is 10.7 Å². The lowest BCUT2D eigenvalue weighted by Crippen LogP contribution is -2.41. The number of hydrazone groups is 1. The molecule has 3 N–H and O–H groups in total. The summed E-state index contributed by atoms with van der Waals surface area (Å²) >= 11 is 0. The van der Waals surface area contributed by atoms with Crippen LogP contribution in [0, 0.1) is 13.8 Å². The molecule has 0 unspecified atom stereocenters. The quantitative estimate of drug-likeness (QED) is 0.322. The van der Waals surface area contributed by atoms with E-state index in [1.54, 1.807) is 24.3 Å². The molecular formula is C24H28N4O5. The van der Waals surface area contributed by atoms with E-state index in [0.717, 1.165) is 24.0 Å². The first kappa shape index (κ1) is 23.9. The molecule has 3 rings (SSSR count). The second kappa shape index (κ2) is 11.8. The van der Waals surface area contributed by atoms with E-state index in [4.69, 9.17) is 9.47 Å². The van der Waals surface area contributed by atoms with Gasteiger partial charge in [0, 0.05) is 18.8 Å². The maximum atomic E-state index is 12.2. The minimum absolute atomic E-state index is 0.0453. The Morgan fingerprint density at radius 3 is 2.73 bits per heavy atom. The largest absolute Gasteiger partial charge is 0.484 e. The number of carbonyl (C=O) groups excluding carboxylic acids is 3. The van der Waals surface area contributed by atoms with Crippen LogP contribution in [0.25, 0.3) is 0 Å². The van der Waals surface area contributed by atoms with E-state index in [2.05, 4.69) is 21.2 Å². The van der Waals surface area contributed by atoms with Crippen molar-refractivity contribution >= 4 is 29.6 Å². The van der Waals surface area contributed by atoms with Gasteiger partial charge < -0.3 is 20.1 Å². The fourth-order valence-corrected chi connectivity index (χ4v) is 3.16. The summed E-state index contributed by atoms with van der Waals surface area (Å²) in [6.45, 7) is 4.81. The van der Waals surface area contributed by atoms with Gasteiger partial charge in [-0.3, -0.25) is 14.4 Å². The number of aryl methyl sites for hydroxylation is 2. The standard InChI is InChI=1S/C24H28N4O5/c1-16-8-9-19(11-17(16)2)27-22(29)15-33-20-6-3-5-18(12-20)13-26-28-24(31)23(30)25-14-21-7-4-10-32-21/h3,5-6,8-9,11-13,21H,4,7,10,14-15H2,1-2H3,(H,25,30)(H,27,29)(H,28,31)/b26-13-/t21-/m1/s1. The number of carbonyl (C=O) groups is 3. The number of nitrogens with one attached hydrogen (secondary N) is 3. The van der Waals surface area contributed by atoms with Crippen LogP contribution < -0.4 is 20.8 Å². The van der Waals surface area contributed by atoms with Crippen LogP contribution >= 0.6 is 0 Å². The van der Waals surface area contributed by atoms with Crippen LogP contribution in [-0.4, -0.2) is 49.8 Å². The van der Waals surface area contributed by atoms with Gasteiger partial charge in [-0.15, -0.1) is 0 Å². The van der Waals surface area contributed by atoms with Crippen LogP contribution in [0.3, 0.4) is 0 Å². The van der Waals surface area contributed by atoms with Crippen LogP contribution in [0.1, 0.15) is 29.5 Å². The first-order valence-corrected chi connectivity index (χ1v) is 10.7. The Morgan fingerprint density at radius 1 is 1.12 bits per heavy atom. The normalized spacial score (nSPS) is 15.3. The number of amides is 3. The molecule has 0 radical (unpaired) electrons. The van der Waals surface area contributed by atoms with Crippen LogP contribution in [0.5, 0.6) is 5.75 Å². The first-order valence-electron chi connectivity index (χ1n) is 10.7. The molecule has 2 aromatic carbocycles. The maximum Gasteiger partial charge on any atom is 0.329 e. The minimum atomic E-state index is -0.861. The number of ether oxygens (including phenoxy) is 2. The van der Waals surface area contributed by atoms with E-state index in [0.29, 0.717) is 30.2 Å². The highest BCUT2D eigenvalue weighted by atomic mass is 16.5. The molecule has 0 saturated carbocycles. The predicted molar refractivity (Wildman–Crippen MR) is 124 cm³/mol. The molecule has 0 aromatic heterocycles. The molecule has 9 nitrogen and oxygen atoms in total. The van der Waals surface area contributed by atoms with E-state index in [-0.39, 0.29) is 18.6 Å². The molecule has 3 amide bonds. The Balaban J connectivity index is 1.43. The maximum absolute atomic E-state index is 12.2. The van der Waals surface area contributed by atoms with E-state index < -0.39 is 11.8 Å². The summed E-state index contributed by atoms with van der Waals surface area (Å²) in [5.74, 6) is -1.44. The summed E-state index contributed by atoms with van der Waals surface area (Å²) in [6.07, 6.45) is 3.16.